The van der Waals surface area contributed by atoms with Crippen molar-refractivity contribution in [2.75, 3.05) is 6.61 Å². The van der Waals surface area contributed by atoms with Crippen LogP contribution in [0, 0.1) is 0 Å². The Hall–Kier alpha value is -2.91. The molecule has 0 unspecified atom stereocenters. The monoisotopic (exact) mass is 676 g/mol. The number of rotatable bonds is 15. The van der Waals surface area contributed by atoms with Gasteiger partial charge in [-0.1, -0.05) is 69.0 Å². The van der Waals surface area contributed by atoms with Crippen molar-refractivity contribution in [2.45, 2.75) is 77.0 Å². The van der Waals surface area contributed by atoms with Crippen molar-refractivity contribution in [1.82, 2.24) is 0 Å². The molecule has 0 aromatic heterocycles. The normalized spacial score (nSPS) is 14.0. The molecule has 0 aliphatic heterocycles. The molecule has 0 heterocycles. The SMILES string of the molecule is CCCCCCCOc1ccc(S(OS(=O)(=O)C(F)(F)C(F)(F)C(F)(F)C(F)(F)F)(c2ccccc2)c2ccccc2)cc1. The molecular formula is C29H29F9O4S2. The number of alkyl halides is 9. The molecule has 0 fully saturated rings. The number of hydrogen-bond acceptors (Lipinski definition) is 4. The van der Waals surface area contributed by atoms with Gasteiger partial charge in [0.2, 0.25) is 0 Å². The van der Waals surface area contributed by atoms with Gasteiger partial charge in [0.25, 0.3) is 0 Å². The first kappa shape index (κ1) is 35.6. The molecule has 0 radical (unpaired) electrons. The van der Waals surface area contributed by atoms with E-state index in [1.165, 1.54) is 84.9 Å². The fraction of sp³-hybridized carbons (Fsp3) is 0.379. The largest absolute Gasteiger partial charge is 0.494 e. The molecule has 0 N–H and O–H groups in total. The van der Waals surface area contributed by atoms with Gasteiger partial charge in [0, 0.05) is 14.7 Å². The molecule has 4 nitrogen and oxygen atoms in total. The summed E-state index contributed by atoms with van der Waals surface area (Å²) >= 11 is 0. The lowest BCUT2D eigenvalue weighted by Gasteiger charge is -2.41. The van der Waals surface area contributed by atoms with Crippen molar-refractivity contribution in [3.8, 4) is 5.75 Å². The summed E-state index contributed by atoms with van der Waals surface area (Å²) in [7, 11) is -11.3. The first-order valence-electron chi connectivity index (χ1n) is 13.3. The molecule has 3 rings (SSSR count). The van der Waals surface area contributed by atoms with Gasteiger partial charge < -0.3 is 4.74 Å². The molecule has 44 heavy (non-hydrogen) atoms. The van der Waals surface area contributed by atoms with Crippen LogP contribution in [0.2, 0.25) is 0 Å². The van der Waals surface area contributed by atoms with Crippen LogP contribution in [0.25, 0.3) is 0 Å². The Kier molecular flexibility index (Phi) is 11.0. The second kappa shape index (κ2) is 13.6. The van der Waals surface area contributed by atoms with Crippen LogP contribution in [-0.4, -0.2) is 38.3 Å². The minimum absolute atomic E-state index is 0.166. The zero-order chi connectivity index (χ0) is 32.9. The Morgan fingerprint density at radius 3 is 1.50 bits per heavy atom. The zero-order valence-electron chi connectivity index (χ0n) is 23.2. The number of hydrogen-bond donors (Lipinski definition) is 0. The van der Waals surface area contributed by atoms with Gasteiger partial charge in [0.15, 0.2) is 0 Å². The van der Waals surface area contributed by atoms with E-state index in [-0.39, 0.29) is 20.4 Å². The Balaban J connectivity index is 2.16. The van der Waals surface area contributed by atoms with Gasteiger partial charge in [-0.15, -0.1) is 0 Å². The summed E-state index contributed by atoms with van der Waals surface area (Å²) in [4.78, 5) is -0.516. The van der Waals surface area contributed by atoms with Crippen molar-refractivity contribution in [3.05, 3.63) is 84.9 Å². The van der Waals surface area contributed by atoms with E-state index >= 15 is 0 Å². The zero-order valence-corrected chi connectivity index (χ0v) is 24.8. The molecule has 0 aliphatic carbocycles. The summed E-state index contributed by atoms with van der Waals surface area (Å²) in [6.07, 6.45) is -2.49. The summed E-state index contributed by atoms with van der Waals surface area (Å²) < 4.78 is 161. The van der Waals surface area contributed by atoms with Crippen LogP contribution in [-0.2, 0) is 13.7 Å². The third-order valence-corrected chi connectivity index (χ3v) is 11.7. The summed E-state index contributed by atoms with van der Waals surface area (Å²) in [5.41, 5.74) is 0. The molecule has 0 aliphatic rings. The van der Waals surface area contributed by atoms with E-state index < -0.39 is 43.7 Å². The number of halogens is 9. The number of unbranched alkanes of at least 4 members (excludes halogenated alkanes) is 4. The minimum atomic E-state index is -7.45. The molecule has 15 heteroatoms. The van der Waals surface area contributed by atoms with E-state index in [9.17, 15) is 47.9 Å². The highest BCUT2D eigenvalue weighted by molar-refractivity contribution is 8.33. The van der Waals surface area contributed by atoms with Crippen molar-refractivity contribution in [3.63, 3.8) is 0 Å². The molecule has 0 spiro atoms. The van der Waals surface area contributed by atoms with Crippen LogP contribution >= 0.6 is 10.3 Å². The van der Waals surface area contributed by atoms with E-state index in [1.807, 2.05) is 0 Å². The third kappa shape index (κ3) is 6.84. The number of benzene rings is 3. The van der Waals surface area contributed by atoms with Crippen LogP contribution in [0.4, 0.5) is 39.5 Å². The second-order valence-electron chi connectivity index (χ2n) is 9.60. The second-order valence-corrected chi connectivity index (χ2v) is 14.1. The maximum atomic E-state index is 14.9. The van der Waals surface area contributed by atoms with Crippen LogP contribution < -0.4 is 4.74 Å². The molecule has 244 valence electrons. The first-order valence-corrected chi connectivity index (χ1v) is 16.2. The highest BCUT2D eigenvalue weighted by Gasteiger charge is 2.86. The molecule has 0 saturated carbocycles. The van der Waals surface area contributed by atoms with Gasteiger partial charge >= 0.3 is 33.4 Å². The minimum Gasteiger partial charge on any atom is -0.494 e. The van der Waals surface area contributed by atoms with E-state index in [1.54, 1.807) is 0 Å². The van der Waals surface area contributed by atoms with E-state index in [0.29, 0.717) is 6.61 Å². The van der Waals surface area contributed by atoms with Crippen LogP contribution in [0.5, 0.6) is 5.75 Å². The van der Waals surface area contributed by atoms with E-state index in [4.69, 9.17) is 8.37 Å². The van der Waals surface area contributed by atoms with Crippen LogP contribution in [0.15, 0.2) is 99.6 Å². The molecule has 0 bridgehead atoms. The average Bonchev–Trinajstić information content (AvgIpc) is 2.98. The van der Waals surface area contributed by atoms with E-state index in [2.05, 4.69) is 6.92 Å². The highest BCUT2D eigenvalue weighted by atomic mass is 32.3. The van der Waals surface area contributed by atoms with Crippen molar-refractivity contribution >= 4 is 20.4 Å². The van der Waals surface area contributed by atoms with Gasteiger partial charge in [-0.3, -0.25) is 0 Å². The topological polar surface area (TPSA) is 52.6 Å². The van der Waals surface area contributed by atoms with Gasteiger partial charge in [-0.25, -0.2) is 3.63 Å². The molecule has 3 aromatic rings. The van der Waals surface area contributed by atoms with Gasteiger partial charge in [0.05, 0.1) is 6.61 Å². The summed E-state index contributed by atoms with van der Waals surface area (Å²) in [6.45, 7) is 2.38. The Labute approximate surface area is 250 Å². The molecule has 0 atom stereocenters. The lowest BCUT2D eigenvalue weighted by molar-refractivity contribution is -0.382. The first-order chi connectivity index (χ1) is 20.5. The van der Waals surface area contributed by atoms with Gasteiger partial charge in [-0.2, -0.15) is 47.9 Å². The van der Waals surface area contributed by atoms with Crippen molar-refractivity contribution in [2.24, 2.45) is 0 Å². The van der Waals surface area contributed by atoms with Crippen molar-refractivity contribution < 1.29 is 56.3 Å². The number of ether oxygens (including phenoxy) is 1. The van der Waals surface area contributed by atoms with Crippen LogP contribution in [0.1, 0.15) is 39.0 Å². The summed E-state index contributed by atoms with van der Waals surface area (Å²) in [5.74, 6) is -14.6. The molecular weight excluding hydrogens is 647 g/mol. The van der Waals surface area contributed by atoms with Gasteiger partial charge in [0.1, 0.15) is 5.75 Å². The van der Waals surface area contributed by atoms with Gasteiger partial charge in [-0.05, 0) is 65.3 Å². The average molecular weight is 677 g/mol. The lowest BCUT2D eigenvalue weighted by Crippen LogP contribution is -2.63. The Bertz CT molecular complexity index is 1410. The molecule has 3 aromatic carbocycles. The summed E-state index contributed by atoms with van der Waals surface area (Å²) in [6, 6.07) is 18.3. The lowest BCUT2D eigenvalue weighted by atomic mass is 10.1. The fourth-order valence-corrected chi connectivity index (χ4v) is 9.29. The summed E-state index contributed by atoms with van der Waals surface area (Å²) in [5, 5.41) is -7.04. The maximum Gasteiger partial charge on any atom is 0.460 e. The third-order valence-electron chi connectivity index (χ3n) is 6.44. The molecule has 0 amide bonds. The smallest absolute Gasteiger partial charge is 0.460 e. The van der Waals surface area contributed by atoms with Crippen LogP contribution in [0.3, 0.4) is 0 Å². The van der Waals surface area contributed by atoms with Crippen molar-refractivity contribution in [1.29, 1.82) is 0 Å². The Morgan fingerprint density at radius 1 is 0.591 bits per heavy atom. The quantitative estimate of drug-likeness (QED) is 0.119. The maximum absolute atomic E-state index is 14.9. The fourth-order valence-electron chi connectivity index (χ4n) is 4.07. The standard InChI is InChI=1S/C29H29F9O4S2/c1-2-3-4-5-12-21-41-22-17-19-25(20-18-22)43(23-13-8-6-9-14-23,24-15-10-7-11-16-24)42-44(39,40)29(37,38)27(32,33)26(30,31)28(34,35)36/h6-11,13-20H,2-5,12,21H2,1H3. The highest BCUT2D eigenvalue weighted by Crippen LogP contribution is 2.71. The predicted octanol–water partition coefficient (Wildman–Crippen LogP) is 10.0. The van der Waals surface area contributed by atoms with E-state index in [0.717, 1.165) is 32.1 Å². The predicted molar refractivity (Wildman–Crippen MR) is 147 cm³/mol. The molecule has 0 saturated heterocycles. The Morgan fingerprint density at radius 2 is 1.05 bits per heavy atom.